The highest BCUT2D eigenvalue weighted by molar-refractivity contribution is 6.42. The molecule has 4 N–H and O–H groups in total. The molecule has 0 aliphatic heterocycles. The number of hydrogen-bond acceptors (Lipinski definition) is 3. The van der Waals surface area contributed by atoms with Gasteiger partial charge < -0.3 is 20.8 Å². The van der Waals surface area contributed by atoms with Crippen LogP contribution in [0.5, 0.6) is 11.5 Å². The van der Waals surface area contributed by atoms with Crippen molar-refractivity contribution in [2.45, 2.75) is 13.3 Å². The van der Waals surface area contributed by atoms with Crippen LogP contribution in [0.4, 0.5) is 10.5 Å². The van der Waals surface area contributed by atoms with Crippen molar-refractivity contribution >= 4 is 34.9 Å². The fourth-order valence-corrected chi connectivity index (χ4v) is 2.35. The number of aryl methyl sites for hydroxylation is 1. The summed E-state index contributed by atoms with van der Waals surface area (Å²) >= 11 is 11.7. The van der Waals surface area contributed by atoms with E-state index >= 15 is 0 Å². The van der Waals surface area contributed by atoms with E-state index in [4.69, 9.17) is 23.2 Å². The van der Waals surface area contributed by atoms with Gasteiger partial charge in [-0.3, -0.25) is 0 Å². The van der Waals surface area contributed by atoms with Gasteiger partial charge >= 0.3 is 6.03 Å². The van der Waals surface area contributed by atoms with E-state index in [9.17, 15) is 15.0 Å². The Morgan fingerprint density at radius 2 is 1.78 bits per heavy atom. The summed E-state index contributed by atoms with van der Waals surface area (Å²) in [5.74, 6) is -0.331. The summed E-state index contributed by atoms with van der Waals surface area (Å²) in [7, 11) is 0. The maximum absolute atomic E-state index is 11.8. The molecular weight excluding hydrogens is 339 g/mol. The molecule has 2 aromatic carbocycles. The molecule has 0 saturated carbocycles. The van der Waals surface area contributed by atoms with Gasteiger partial charge in [-0.2, -0.15) is 0 Å². The smallest absolute Gasteiger partial charge is 0.319 e. The molecule has 0 spiro atoms. The van der Waals surface area contributed by atoms with Gasteiger partial charge in [0.25, 0.3) is 0 Å². The summed E-state index contributed by atoms with van der Waals surface area (Å²) in [6.45, 7) is 2.20. The number of halogens is 2. The number of urea groups is 1. The van der Waals surface area contributed by atoms with Gasteiger partial charge in [-0.25, -0.2) is 4.79 Å². The second-order valence-electron chi connectivity index (χ2n) is 5.03. The summed E-state index contributed by atoms with van der Waals surface area (Å²) in [6, 6.07) is 7.41. The molecule has 23 heavy (non-hydrogen) atoms. The van der Waals surface area contributed by atoms with Crippen molar-refractivity contribution in [1.82, 2.24) is 5.32 Å². The number of amides is 2. The van der Waals surface area contributed by atoms with Crippen LogP contribution in [0.25, 0.3) is 0 Å². The average Bonchev–Trinajstić information content (AvgIpc) is 2.48. The van der Waals surface area contributed by atoms with E-state index in [1.807, 2.05) is 6.92 Å². The van der Waals surface area contributed by atoms with E-state index in [0.29, 0.717) is 28.7 Å². The van der Waals surface area contributed by atoms with Gasteiger partial charge in [0.15, 0.2) is 11.5 Å². The van der Waals surface area contributed by atoms with E-state index in [1.165, 1.54) is 12.1 Å². The summed E-state index contributed by atoms with van der Waals surface area (Å²) in [5.41, 5.74) is 2.22. The Morgan fingerprint density at radius 1 is 1.09 bits per heavy atom. The highest BCUT2D eigenvalue weighted by atomic mass is 35.5. The van der Waals surface area contributed by atoms with Gasteiger partial charge in [0.1, 0.15) is 0 Å². The molecule has 0 heterocycles. The lowest BCUT2D eigenvalue weighted by molar-refractivity contribution is 0.252. The molecule has 0 atom stereocenters. The van der Waals surface area contributed by atoms with Crippen LogP contribution < -0.4 is 10.6 Å². The Bertz CT molecular complexity index is 736. The van der Waals surface area contributed by atoms with Crippen molar-refractivity contribution in [3.8, 4) is 11.5 Å². The minimum atomic E-state index is -0.371. The van der Waals surface area contributed by atoms with Gasteiger partial charge in [0.2, 0.25) is 0 Å². The van der Waals surface area contributed by atoms with Crippen LogP contribution in [0.3, 0.4) is 0 Å². The third kappa shape index (κ3) is 4.68. The summed E-state index contributed by atoms with van der Waals surface area (Å²) in [4.78, 5) is 11.8. The number of rotatable bonds is 4. The Labute approximate surface area is 143 Å². The fraction of sp³-hybridized carbons (Fsp3) is 0.188. The first kappa shape index (κ1) is 17.2. The second kappa shape index (κ2) is 7.44. The maximum Gasteiger partial charge on any atom is 0.319 e. The molecular formula is C16H16Cl2N2O3. The largest absolute Gasteiger partial charge is 0.504 e. The first-order chi connectivity index (χ1) is 10.9. The topological polar surface area (TPSA) is 81.6 Å². The predicted octanol–water partition coefficient (Wildman–Crippen LogP) is 4.08. The van der Waals surface area contributed by atoms with Gasteiger partial charge in [0.05, 0.1) is 10.0 Å². The fourth-order valence-electron chi connectivity index (χ4n) is 2.05. The molecule has 2 amide bonds. The highest BCUT2D eigenvalue weighted by Crippen LogP contribution is 2.28. The van der Waals surface area contributed by atoms with Crippen LogP contribution in [0.2, 0.25) is 10.0 Å². The van der Waals surface area contributed by atoms with Crippen molar-refractivity contribution in [3.05, 3.63) is 51.5 Å². The predicted molar refractivity (Wildman–Crippen MR) is 91.7 cm³/mol. The van der Waals surface area contributed by atoms with Crippen molar-refractivity contribution in [3.63, 3.8) is 0 Å². The quantitative estimate of drug-likeness (QED) is 0.624. The zero-order valence-electron chi connectivity index (χ0n) is 12.4. The van der Waals surface area contributed by atoms with E-state index < -0.39 is 0 Å². The Balaban J connectivity index is 1.87. The number of hydrogen-bond donors (Lipinski definition) is 4. The number of anilines is 1. The maximum atomic E-state index is 11.8. The molecule has 0 radical (unpaired) electrons. The number of carbonyl (C=O) groups is 1. The Morgan fingerprint density at radius 3 is 2.48 bits per heavy atom. The first-order valence-corrected chi connectivity index (χ1v) is 7.64. The van der Waals surface area contributed by atoms with E-state index in [1.54, 1.807) is 18.2 Å². The van der Waals surface area contributed by atoms with Crippen LogP contribution in [-0.4, -0.2) is 22.8 Å². The lowest BCUT2D eigenvalue weighted by Crippen LogP contribution is -2.30. The standard InChI is InChI=1S/C16H16Cl2N2O3/c1-9-6-14(21)15(22)7-10(9)4-5-19-16(23)20-11-2-3-12(17)13(18)8-11/h2-3,6-8,21-22H,4-5H2,1H3,(H2,19,20,23). The van der Waals surface area contributed by atoms with Gasteiger partial charge in [-0.1, -0.05) is 23.2 Å². The highest BCUT2D eigenvalue weighted by Gasteiger charge is 2.07. The molecule has 2 aromatic rings. The molecule has 5 nitrogen and oxygen atoms in total. The van der Waals surface area contributed by atoms with E-state index in [2.05, 4.69) is 10.6 Å². The normalized spacial score (nSPS) is 10.4. The molecule has 0 fully saturated rings. The number of benzene rings is 2. The minimum absolute atomic E-state index is 0.156. The van der Waals surface area contributed by atoms with Crippen LogP contribution in [-0.2, 0) is 6.42 Å². The molecule has 2 rings (SSSR count). The third-order valence-corrected chi connectivity index (χ3v) is 4.03. The van der Waals surface area contributed by atoms with Crippen molar-refractivity contribution in [2.24, 2.45) is 0 Å². The van der Waals surface area contributed by atoms with E-state index in [0.717, 1.165) is 11.1 Å². The van der Waals surface area contributed by atoms with E-state index in [-0.39, 0.29) is 17.5 Å². The van der Waals surface area contributed by atoms with Crippen molar-refractivity contribution < 1.29 is 15.0 Å². The van der Waals surface area contributed by atoms with Gasteiger partial charge in [0, 0.05) is 12.2 Å². The third-order valence-electron chi connectivity index (χ3n) is 3.29. The lowest BCUT2D eigenvalue weighted by atomic mass is 10.0. The average molecular weight is 355 g/mol. The number of nitrogens with one attached hydrogen (secondary N) is 2. The van der Waals surface area contributed by atoms with Crippen LogP contribution >= 0.6 is 23.2 Å². The number of phenolic OH excluding ortho intramolecular Hbond substituents is 2. The monoisotopic (exact) mass is 354 g/mol. The van der Waals surface area contributed by atoms with Crippen LogP contribution in [0.1, 0.15) is 11.1 Å². The van der Waals surface area contributed by atoms with Crippen molar-refractivity contribution in [1.29, 1.82) is 0 Å². The van der Waals surface area contributed by atoms with Gasteiger partial charge in [-0.05, 0) is 54.8 Å². The minimum Gasteiger partial charge on any atom is -0.504 e. The van der Waals surface area contributed by atoms with Crippen molar-refractivity contribution in [2.75, 3.05) is 11.9 Å². The zero-order valence-corrected chi connectivity index (χ0v) is 13.9. The molecule has 0 aromatic heterocycles. The lowest BCUT2D eigenvalue weighted by Gasteiger charge is -2.10. The molecule has 0 unspecified atom stereocenters. The Hall–Kier alpha value is -2.11. The molecule has 0 saturated heterocycles. The molecule has 7 heteroatoms. The summed E-state index contributed by atoms with van der Waals surface area (Å²) in [6.07, 6.45) is 0.522. The zero-order chi connectivity index (χ0) is 17.0. The SMILES string of the molecule is Cc1cc(O)c(O)cc1CCNC(=O)Nc1ccc(Cl)c(Cl)c1. The number of carbonyl (C=O) groups excluding carboxylic acids is 1. The van der Waals surface area contributed by atoms with Gasteiger partial charge in [-0.15, -0.1) is 0 Å². The molecule has 0 aliphatic rings. The summed E-state index contributed by atoms with van der Waals surface area (Å²) < 4.78 is 0. The number of aromatic hydroxyl groups is 2. The number of phenols is 2. The van der Waals surface area contributed by atoms with Crippen LogP contribution in [0, 0.1) is 6.92 Å². The molecule has 0 aliphatic carbocycles. The Kier molecular flexibility index (Phi) is 5.58. The molecule has 122 valence electrons. The molecule has 0 bridgehead atoms. The first-order valence-electron chi connectivity index (χ1n) is 6.88. The second-order valence-corrected chi connectivity index (χ2v) is 5.84. The summed E-state index contributed by atoms with van der Waals surface area (Å²) in [5, 5.41) is 25.0. The van der Waals surface area contributed by atoms with Crippen LogP contribution in [0.15, 0.2) is 30.3 Å².